The van der Waals surface area contributed by atoms with Gasteiger partial charge in [0.05, 0.1) is 5.92 Å². The first-order valence-electron chi connectivity index (χ1n) is 11.5. The summed E-state index contributed by atoms with van der Waals surface area (Å²) >= 11 is 0. The number of amides is 2. The van der Waals surface area contributed by atoms with Gasteiger partial charge in [0.1, 0.15) is 5.75 Å². The second kappa shape index (κ2) is 11.6. The van der Waals surface area contributed by atoms with Gasteiger partial charge in [-0.15, -0.1) is 23.4 Å². The van der Waals surface area contributed by atoms with Crippen LogP contribution in [0.25, 0.3) is 11.4 Å². The van der Waals surface area contributed by atoms with Crippen molar-refractivity contribution < 1.29 is 32.0 Å². The minimum absolute atomic E-state index is 0.143. The van der Waals surface area contributed by atoms with Crippen molar-refractivity contribution in [3.63, 3.8) is 0 Å². The van der Waals surface area contributed by atoms with Crippen molar-refractivity contribution in [2.45, 2.75) is 32.0 Å². The van der Waals surface area contributed by atoms with E-state index in [0.717, 1.165) is 30.5 Å². The van der Waals surface area contributed by atoms with Crippen molar-refractivity contribution in [3.05, 3.63) is 65.9 Å². The predicted octanol–water partition coefficient (Wildman–Crippen LogP) is 4.00. The van der Waals surface area contributed by atoms with Gasteiger partial charge in [0, 0.05) is 37.1 Å². The number of hydrogen-bond acceptors (Lipinski definition) is 8. The minimum Gasteiger partial charge on any atom is -0.406 e. The number of fused-ring (bicyclic) bond motifs is 1. The molecule has 4 rings (SSSR count). The molecule has 37 heavy (non-hydrogen) atoms. The highest BCUT2D eigenvalue weighted by molar-refractivity contribution is 5.86. The van der Waals surface area contributed by atoms with Crippen LogP contribution in [0.5, 0.6) is 5.75 Å². The maximum absolute atomic E-state index is 12.3. The molecule has 1 aromatic carbocycles. The number of halogens is 3. The molecule has 1 unspecified atom stereocenters. The van der Waals surface area contributed by atoms with E-state index in [1.54, 1.807) is 6.08 Å². The first-order chi connectivity index (χ1) is 17.8. The standard InChI is InChI=1S/C24H23F3N6O4/c25-24(26,27)36-16-9-7-15(8-10-16)21-30-20(37-33-21)12-11-19(34)28-13-3-4-14-29-22-17-5-1-2-6-18(17)23(35)32-31-22/h1-2,5-10,18,29H,3-4,11-14H2,(H,28,34). The molecule has 0 radical (unpaired) electrons. The van der Waals surface area contributed by atoms with Gasteiger partial charge in [0.25, 0.3) is 5.91 Å². The van der Waals surface area contributed by atoms with E-state index in [9.17, 15) is 22.8 Å². The van der Waals surface area contributed by atoms with E-state index in [4.69, 9.17) is 4.52 Å². The maximum atomic E-state index is 12.3. The molecular weight excluding hydrogens is 493 g/mol. The minimum atomic E-state index is -4.77. The average Bonchev–Trinajstić information content (AvgIpc) is 3.35. The van der Waals surface area contributed by atoms with Gasteiger partial charge in [-0.2, -0.15) is 4.98 Å². The summed E-state index contributed by atoms with van der Waals surface area (Å²) in [4.78, 5) is 28.1. The van der Waals surface area contributed by atoms with Crippen LogP contribution in [0, 0.1) is 5.92 Å². The van der Waals surface area contributed by atoms with Crippen molar-refractivity contribution in [2.75, 3.05) is 13.1 Å². The Balaban J connectivity index is 1.13. The number of hydrogen-bond donors (Lipinski definition) is 2. The van der Waals surface area contributed by atoms with E-state index in [0.29, 0.717) is 24.5 Å². The van der Waals surface area contributed by atoms with Crippen molar-refractivity contribution in [2.24, 2.45) is 16.1 Å². The van der Waals surface area contributed by atoms with Crippen LogP contribution in [0.15, 0.2) is 74.7 Å². The highest BCUT2D eigenvalue weighted by Gasteiger charge is 2.31. The molecular formula is C24H23F3N6O4. The lowest BCUT2D eigenvalue weighted by atomic mass is 9.93. The topological polar surface area (TPSA) is 131 Å². The summed E-state index contributed by atoms with van der Waals surface area (Å²) in [6.45, 7) is 1.10. The lowest BCUT2D eigenvalue weighted by Gasteiger charge is -2.20. The summed E-state index contributed by atoms with van der Waals surface area (Å²) in [6, 6.07) is 5.07. The van der Waals surface area contributed by atoms with Gasteiger partial charge in [-0.05, 0) is 37.1 Å². The number of allylic oxidation sites excluding steroid dienone is 3. The Bertz CT molecular complexity index is 1250. The number of nitrogens with one attached hydrogen (secondary N) is 2. The number of unbranched alkanes of at least 4 members (excludes halogenated alkanes) is 1. The van der Waals surface area contributed by atoms with E-state index < -0.39 is 12.3 Å². The Kier molecular flexibility index (Phi) is 8.11. The molecule has 2 aromatic rings. The molecule has 1 aromatic heterocycles. The molecule has 13 heteroatoms. The zero-order valence-electron chi connectivity index (χ0n) is 19.5. The van der Waals surface area contributed by atoms with Crippen LogP contribution in [0.3, 0.4) is 0 Å². The Morgan fingerprint density at radius 3 is 2.65 bits per heavy atom. The summed E-state index contributed by atoms with van der Waals surface area (Å²) in [7, 11) is 0. The summed E-state index contributed by atoms with van der Waals surface area (Å²) in [6.07, 6.45) is 4.39. The van der Waals surface area contributed by atoms with E-state index in [1.807, 2.05) is 18.2 Å². The lowest BCUT2D eigenvalue weighted by molar-refractivity contribution is -0.274. The predicted molar refractivity (Wildman–Crippen MR) is 124 cm³/mol. The van der Waals surface area contributed by atoms with Gasteiger partial charge in [0.2, 0.25) is 17.6 Å². The number of azo groups is 1. The molecule has 2 aliphatic rings. The fourth-order valence-electron chi connectivity index (χ4n) is 3.61. The van der Waals surface area contributed by atoms with Crippen molar-refractivity contribution >= 4 is 11.8 Å². The lowest BCUT2D eigenvalue weighted by Crippen LogP contribution is -2.26. The van der Waals surface area contributed by atoms with Gasteiger partial charge in [-0.3, -0.25) is 9.59 Å². The Morgan fingerprint density at radius 2 is 1.86 bits per heavy atom. The molecule has 0 fully saturated rings. The van der Waals surface area contributed by atoms with Gasteiger partial charge in [-0.1, -0.05) is 29.5 Å². The van der Waals surface area contributed by atoms with Gasteiger partial charge in [0.15, 0.2) is 5.82 Å². The molecule has 2 N–H and O–H groups in total. The fourth-order valence-corrected chi connectivity index (χ4v) is 3.61. The van der Waals surface area contributed by atoms with E-state index in [2.05, 4.69) is 35.7 Å². The smallest absolute Gasteiger partial charge is 0.406 e. The molecule has 1 atom stereocenters. The average molecular weight is 516 g/mol. The Morgan fingerprint density at radius 1 is 1.08 bits per heavy atom. The zero-order valence-corrected chi connectivity index (χ0v) is 19.5. The molecule has 0 saturated carbocycles. The van der Waals surface area contributed by atoms with Crippen LogP contribution in [0.2, 0.25) is 0 Å². The number of rotatable bonds is 11. The quantitative estimate of drug-likeness (QED) is 0.432. The summed E-state index contributed by atoms with van der Waals surface area (Å²) in [5, 5.41) is 17.4. The number of aryl methyl sites for hydroxylation is 1. The van der Waals surface area contributed by atoms with Crippen LogP contribution < -0.4 is 15.4 Å². The monoisotopic (exact) mass is 516 g/mol. The highest BCUT2D eigenvalue weighted by atomic mass is 19.4. The van der Waals surface area contributed by atoms with Crippen LogP contribution in [-0.4, -0.2) is 41.4 Å². The molecule has 0 saturated heterocycles. The molecule has 0 bridgehead atoms. The number of carbonyl (C=O) groups excluding carboxylic acids is 2. The third-order valence-electron chi connectivity index (χ3n) is 5.41. The SMILES string of the molecule is O=C(CCc1nc(-c2ccc(OC(F)(F)F)cc2)no1)NCCCCNC1=C2C=CC=CC2C(=O)N=N1. The van der Waals surface area contributed by atoms with Gasteiger partial charge >= 0.3 is 6.36 Å². The molecule has 1 aliphatic carbocycles. The molecule has 1 aliphatic heterocycles. The third-order valence-corrected chi connectivity index (χ3v) is 5.41. The summed E-state index contributed by atoms with van der Waals surface area (Å²) < 4.78 is 45.7. The number of ether oxygens (including phenoxy) is 1. The first kappa shape index (κ1) is 25.8. The van der Waals surface area contributed by atoms with Crippen LogP contribution >= 0.6 is 0 Å². The molecule has 194 valence electrons. The highest BCUT2D eigenvalue weighted by Crippen LogP contribution is 2.27. The molecule has 2 heterocycles. The van der Waals surface area contributed by atoms with Crippen LogP contribution in [0.1, 0.15) is 25.2 Å². The Hall–Kier alpha value is -4.29. The number of nitrogens with zero attached hydrogens (tertiary/aromatic N) is 4. The Labute approximate surface area is 209 Å². The second-order valence-corrected chi connectivity index (χ2v) is 8.13. The maximum Gasteiger partial charge on any atom is 0.573 e. The zero-order chi connectivity index (χ0) is 26.3. The number of benzene rings is 1. The van der Waals surface area contributed by atoms with Crippen molar-refractivity contribution in [1.82, 2.24) is 20.8 Å². The normalized spacial score (nSPS) is 16.6. The largest absolute Gasteiger partial charge is 0.573 e. The van der Waals surface area contributed by atoms with Crippen LogP contribution in [-0.2, 0) is 16.0 Å². The van der Waals surface area contributed by atoms with Crippen molar-refractivity contribution in [1.29, 1.82) is 0 Å². The van der Waals surface area contributed by atoms with E-state index >= 15 is 0 Å². The van der Waals surface area contributed by atoms with Gasteiger partial charge in [-0.25, -0.2) is 0 Å². The number of alkyl halides is 3. The molecule has 10 nitrogen and oxygen atoms in total. The summed E-state index contributed by atoms with van der Waals surface area (Å²) in [5.41, 5.74) is 1.25. The number of carbonyl (C=O) groups is 2. The van der Waals surface area contributed by atoms with E-state index in [-0.39, 0.29) is 42.1 Å². The summed E-state index contributed by atoms with van der Waals surface area (Å²) in [5.74, 6) is -0.179. The number of aromatic nitrogens is 2. The van der Waals surface area contributed by atoms with Gasteiger partial charge < -0.3 is 19.9 Å². The molecule has 0 spiro atoms. The first-order valence-corrected chi connectivity index (χ1v) is 11.5. The molecule has 2 amide bonds. The van der Waals surface area contributed by atoms with E-state index in [1.165, 1.54) is 12.1 Å². The third kappa shape index (κ3) is 7.35. The fraction of sp³-hybridized carbons (Fsp3) is 0.333. The second-order valence-electron chi connectivity index (χ2n) is 8.13. The van der Waals surface area contributed by atoms with Crippen LogP contribution in [0.4, 0.5) is 13.2 Å². The van der Waals surface area contributed by atoms with Crippen molar-refractivity contribution in [3.8, 4) is 17.1 Å².